The summed E-state index contributed by atoms with van der Waals surface area (Å²) < 4.78 is 15.0. The van der Waals surface area contributed by atoms with E-state index in [0.29, 0.717) is 11.8 Å². The highest BCUT2D eigenvalue weighted by Gasteiger charge is 2.08. The van der Waals surface area contributed by atoms with Crippen LogP contribution in [0.25, 0.3) is 10.1 Å². The van der Waals surface area contributed by atoms with Crippen LogP contribution in [0.15, 0.2) is 22.0 Å². The fourth-order valence-electron chi connectivity index (χ4n) is 1.31. The summed E-state index contributed by atoms with van der Waals surface area (Å²) in [6.07, 6.45) is 0.309. The molecule has 0 unspecified atom stereocenters. The van der Waals surface area contributed by atoms with E-state index in [0.717, 1.165) is 14.7 Å². The van der Waals surface area contributed by atoms with Crippen LogP contribution in [0.1, 0.15) is 5.56 Å². The molecular weight excluding hydrogens is 265 g/mol. The maximum atomic E-state index is 13.3. The summed E-state index contributed by atoms with van der Waals surface area (Å²) in [6, 6.07) is 5.64. The second-order valence-electron chi connectivity index (χ2n) is 2.87. The van der Waals surface area contributed by atoms with Gasteiger partial charge in [-0.15, -0.1) is 11.3 Å². The molecule has 0 atom stereocenters. The van der Waals surface area contributed by atoms with E-state index in [-0.39, 0.29) is 5.82 Å². The summed E-state index contributed by atoms with van der Waals surface area (Å²) >= 11 is 4.73. The first kappa shape index (κ1) is 9.63. The predicted molar refractivity (Wildman–Crippen MR) is 58.8 cm³/mol. The van der Waals surface area contributed by atoms with Crippen LogP contribution in [-0.2, 0) is 6.42 Å². The molecule has 14 heavy (non-hydrogen) atoms. The number of benzene rings is 1. The molecule has 1 heterocycles. The summed E-state index contributed by atoms with van der Waals surface area (Å²) in [7, 11) is 0. The smallest absolute Gasteiger partial charge is 0.141 e. The molecule has 0 N–H and O–H groups in total. The van der Waals surface area contributed by atoms with E-state index in [9.17, 15) is 4.39 Å². The maximum Gasteiger partial charge on any atom is 0.141 e. The van der Waals surface area contributed by atoms with Crippen molar-refractivity contribution in [3.63, 3.8) is 0 Å². The van der Waals surface area contributed by atoms with Gasteiger partial charge in [0.15, 0.2) is 0 Å². The van der Waals surface area contributed by atoms with Gasteiger partial charge in [-0.2, -0.15) is 5.26 Å². The second-order valence-corrected chi connectivity index (χ2v) is 4.61. The molecule has 0 fully saturated rings. The topological polar surface area (TPSA) is 23.8 Å². The van der Waals surface area contributed by atoms with E-state index in [1.54, 1.807) is 6.07 Å². The number of halogens is 2. The third-order valence-electron chi connectivity index (χ3n) is 1.92. The number of nitrogens with zero attached hydrogens (tertiary/aromatic N) is 1. The van der Waals surface area contributed by atoms with Crippen LogP contribution in [0, 0.1) is 17.1 Å². The van der Waals surface area contributed by atoms with E-state index in [4.69, 9.17) is 5.26 Å². The van der Waals surface area contributed by atoms with E-state index in [1.165, 1.54) is 16.7 Å². The molecule has 70 valence electrons. The quantitative estimate of drug-likeness (QED) is 0.771. The van der Waals surface area contributed by atoms with Crippen molar-refractivity contribution >= 4 is 37.4 Å². The molecule has 2 rings (SSSR count). The number of rotatable bonds is 1. The molecule has 2 aromatic rings. The Morgan fingerprint density at radius 1 is 1.50 bits per heavy atom. The standard InChI is InChI=1S/C10H5BrFNS/c11-8-4-6(1-2-13)3-7-9(12)5-14-10(7)8/h3-5H,1H2. The molecule has 0 saturated carbocycles. The normalized spacial score (nSPS) is 10.4. The zero-order valence-corrected chi connectivity index (χ0v) is 9.45. The minimum absolute atomic E-state index is 0.217. The number of thiophene rings is 1. The molecule has 0 saturated heterocycles. The fraction of sp³-hybridized carbons (Fsp3) is 0.100. The molecule has 0 aliphatic rings. The maximum absolute atomic E-state index is 13.3. The molecular formula is C10H5BrFNS. The van der Waals surface area contributed by atoms with Gasteiger partial charge in [0.2, 0.25) is 0 Å². The van der Waals surface area contributed by atoms with Gasteiger partial charge < -0.3 is 0 Å². The Labute approximate surface area is 92.9 Å². The Bertz CT molecular complexity index is 527. The number of hydrogen-bond acceptors (Lipinski definition) is 2. The summed E-state index contributed by atoms with van der Waals surface area (Å²) in [6.45, 7) is 0. The number of fused-ring (bicyclic) bond motifs is 1. The van der Waals surface area contributed by atoms with Crippen LogP contribution in [0.2, 0.25) is 0 Å². The highest BCUT2D eigenvalue weighted by Crippen LogP contribution is 2.32. The minimum atomic E-state index is -0.217. The Morgan fingerprint density at radius 3 is 3.00 bits per heavy atom. The van der Waals surface area contributed by atoms with Crippen molar-refractivity contribution in [1.29, 1.82) is 5.26 Å². The van der Waals surface area contributed by atoms with Crippen LogP contribution in [0.5, 0.6) is 0 Å². The predicted octanol–water partition coefficient (Wildman–Crippen LogP) is 3.87. The van der Waals surface area contributed by atoms with Gasteiger partial charge in [0.05, 0.1) is 17.2 Å². The van der Waals surface area contributed by atoms with Crippen molar-refractivity contribution in [2.45, 2.75) is 6.42 Å². The molecule has 0 aliphatic heterocycles. The molecule has 1 nitrogen and oxygen atoms in total. The van der Waals surface area contributed by atoms with E-state index >= 15 is 0 Å². The number of hydrogen-bond donors (Lipinski definition) is 0. The first-order chi connectivity index (χ1) is 6.72. The van der Waals surface area contributed by atoms with E-state index in [1.807, 2.05) is 12.1 Å². The van der Waals surface area contributed by atoms with Crippen LogP contribution in [0.3, 0.4) is 0 Å². The van der Waals surface area contributed by atoms with Crippen molar-refractivity contribution in [2.24, 2.45) is 0 Å². The van der Waals surface area contributed by atoms with Gasteiger partial charge in [0.1, 0.15) is 5.82 Å². The van der Waals surface area contributed by atoms with Crippen molar-refractivity contribution in [2.75, 3.05) is 0 Å². The lowest BCUT2D eigenvalue weighted by atomic mass is 10.1. The van der Waals surface area contributed by atoms with Crippen molar-refractivity contribution < 1.29 is 4.39 Å². The average Bonchev–Trinajstić information content (AvgIpc) is 2.49. The van der Waals surface area contributed by atoms with E-state index in [2.05, 4.69) is 15.9 Å². The third-order valence-corrected chi connectivity index (χ3v) is 3.81. The fourth-order valence-corrected chi connectivity index (χ4v) is 2.91. The average molecular weight is 270 g/mol. The van der Waals surface area contributed by atoms with Crippen molar-refractivity contribution in [3.05, 3.63) is 33.4 Å². The van der Waals surface area contributed by atoms with Gasteiger partial charge in [-0.05, 0) is 33.6 Å². The first-order valence-electron chi connectivity index (χ1n) is 3.94. The highest BCUT2D eigenvalue weighted by atomic mass is 79.9. The van der Waals surface area contributed by atoms with Crippen LogP contribution >= 0.6 is 27.3 Å². The summed E-state index contributed by atoms with van der Waals surface area (Å²) in [5, 5.41) is 10.6. The molecule has 4 heteroatoms. The molecule has 1 aromatic heterocycles. The Hall–Kier alpha value is -0.920. The Balaban J connectivity index is 2.70. The monoisotopic (exact) mass is 269 g/mol. The number of nitriles is 1. The molecule has 0 bridgehead atoms. The molecule has 0 amide bonds. The zero-order valence-electron chi connectivity index (χ0n) is 7.05. The molecule has 0 radical (unpaired) electrons. The summed E-state index contributed by atoms with van der Waals surface area (Å²) in [4.78, 5) is 0. The molecule has 1 aromatic carbocycles. The van der Waals surface area contributed by atoms with Gasteiger partial charge in [-0.3, -0.25) is 0 Å². The van der Waals surface area contributed by atoms with Gasteiger partial charge in [-0.25, -0.2) is 4.39 Å². The van der Waals surface area contributed by atoms with E-state index < -0.39 is 0 Å². The summed E-state index contributed by atoms with van der Waals surface area (Å²) in [5.41, 5.74) is 0.837. The summed E-state index contributed by atoms with van der Waals surface area (Å²) in [5.74, 6) is -0.217. The van der Waals surface area contributed by atoms with Crippen molar-refractivity contribution in [1.82, 2.24) is 0 Å². The zero-order chi connectivity index (χ0) is 10.1. The second kappa shape index (κ2) is 3.68. The van der Waals surface area contributed by atoms with Gasteiger partial charge >= 0.3 is 0 Å². The highest BCUT2D eigenvalue weighted by molar-refractivity contribution is 9.10. The van der Waals surface area contributed by atoms with Crippen LogP contribution in [0.4, 0.5) is 4.39 Å². The van der Waals surface area contributed by atoms with Crippen molar-refractivity contribution in [3.8, 4) is 6.07 Å². The molecule has 0 spiro atoms. The van der Waals surface area contributed by atoms with Gasteiger partial charge in [0, 0.05) is 15.2 Å². The molecule has 0 aliphatic carbocycles. The lowest BCUT2D eigenvalue weighted by molar-refractivity contribution is 0.644. The van der Waals surface area contributed by atoms with Crippen LogP contribution in [-0.4, -0.2) is 0 Å². The lowest BCUT2D eigenvalue weighted by Gasteiger charge is -1.98. The largest absolute Gasteiger partial charge is 0.205 e. The lowest BCUT2D eigenvalue weighted by Crippen LogP contribution is -1.82. The Kier molecular flexibility index (Phi) is 2.53. The first-order valence-corrected chi connectivity index (χ1v) is 5.61. The minimum Gasteiger partial charge on any atom is -0.205 e. The SMILES string of the molecule is N#CCc1cc(Br)c2scc(F)c2c1. The van der Waals surface area contributed by atoms with Crippen LogP contribution < -0.4 is 0 Å². The third kappa shape index (κ3) is 1.54. The van der Waals surface area contributed by atoms with Gasteiger partial charge in [0.25, 0.3) is 0 Å². The van der Waals surface area contributed by atoms with Gasteiger partial charge in [-0.1, -0.05) is 0 Å². The Morgan fingerprint density at radius 2 is 2.29 bits per heavy atom.